The molecule has 0 atom stereocenters. The SMILES string of the molecule is F.O.O.[KH]. The Balaban J connectivity index is 0. The standard InChI is InChI=1S/FH.K.2H2O.H/h1H;;2*1H2;. The zero-order valence-electron chi connectivity index (χ0n) is 1.41. The van der Waals surface area contributed by atoms with E-state index >= 15 is 0 Å². The predicted molar refractivity (Wildman–Crippen MR) is 16.9 cm³/mol. The van der Waals surface area contributed by atoms with Crippen LogP contribution < -0.4 is 0 Å². The first-order valence-electron chi connectivity index (χ1n) is 0. The van der Waals surface area contributed by atoms with E-state index in [2.05, 4.69) is 0 Å². The van der Waals surface area contributed by atoms with Gasteiger partial charge in [0.15, 0.2) is 0 Å². The summed E-state index contributed by atoms with van der Waals surface area (Å²) in [5, 5.41) is 0. The van der Waals surface area contributed by atoms with Crippen molar-refractivity contribution in [3.05, 3.63) is 0 Å². The van der Waals surface area contributed by atoms with Crippen molar-refractivity contribution in [2.24, 2.45) is 0 Å². The average molecular weight is 96.1 g/mol. The Morgan fingerprint density at radius 2 is 0.750 bits per heavy atom. The molecule has 0 aromatic heterocycles. The Hall–Kier alpha value is 1.49. The molecule has 0 radical (unpaired) electrons. The van der Waals surface area contributed by atoms with E-state index in [-0.39, 0.29) is 67.0 Å². The van der Waals surface area contributed by atoms with Crippen molar-refractivity contribution >= 4 is 51.4 Å². The van der Waals surface area contributed by atoms with Crippen LogP contribution in [0.3, 0.4) is 0 Å². The average Bonchev–Trinajstić information content (AvgIpc) is 0. The molecule has 4 heteroatoms. The summed E-state index contributed by atoms with van der Waals surface area (Å²) in [5.41, 5.74) is 0. The van der Waals surface area contributed by atoms with Crippen molar-refractivity contribution < 1.29 is 15.7 Å². The maximum atomic E-state index is 0. The van der Waals surface area contributed by atoms with Gasteiger partial charge in [0.25, 0.3) is 0 Å². The van der Waals surface area contributed by atoms with E-state index in [0.717, 1.165) is 0 Å². The summed E-state index contributed by atoms with van der Waals surface area (Å²) in [6.07, 6.45) is 0. The minimum atomic E-state index is 0. The number of hydrogen-bond acceptors (Lipinski definition) is 0. The molecule has 0 spiro atoms. The Bertz CT molecular complexity index is 6.00. The zero-order valence-corrected chi connectivity index (χ0v) is 1.41. The molecule has 0 amide bonds. The number of halogens is 1. The second-order valence-corrected chi connectivity index (χ2v) is 0. The molecule has 0 rings (SSSR count). The molecular formula is H6FKO2. The second-order valence-electron chi connectivity index (χ2n) is 0. The number of rotatable bonds is 0. The molecule has 26 valence electrons. The Kier molecular flexibility index (Phi) is 308. The van der Waals surface area contributed by atoms with Gasteiger partial charge in [0.2, 0.25) is 0 Å². The Labute approximate surface area is 66.0 Å². The van der Waals surface area contributed by atoms with Gasteiger partial charge in [-0.3, -0.25) is 4.70 Å². The van der Waals surface area contributed by atoms with Gasteiger partial charge < -0.3 is 11.0 Å². The van der Waals surface area contributed by atoms with E-state index in [0.29, 0.717) is 0 Å². The summed E-state index contributed by atoms with van der Waals surface area (Å²) in [6, 6.07) is 0. The van der Waals surface area contributed by atoms with E-state index in [1.807, 2.05) is 0 Å². The van der Waals surface area contributed by atoms with E-state index in [1.165, 1.54) is 0 Å². The fourth-order valence-electron chi connectivity index (χ4n) is 0. The van der Waals surface area contributed by atoms with Crippen LogP contribution in [-0.4, -0.2) is 62.3 Å². The van der Waals surface area contributed by atoms with Crippen molar-refractivity contribution in [2.45, 2.75) is 0 Å². The summed E-state index contributed by atoms with van der Waals surface area (Å²) in [6.45, 7) is 0. The first-order valence-corrected chi connectivity index (χ1v) is 0. The van der Waals surface area contributed by atoms with Crippen LogP contribution in [0.5, 0.6) is 0 Å². The van der Waals surface area contributed by atoms with Crippen LogP contribution in [0.4, 0.5) is 4.70 Å². The van der Waals surface area contributed by atoms with Crippen molar-refractivity contribution in [1.82, 2.24) is 0 Å². The fourth-order valence-corrected chi connectivity index (χ4v) is 0. The molecule has 0 aromatic carbocycles. The van der Waals surface area contributed by atoms with E-state index < -0.39 is 0 Å². The molecule has 0 bridgehead atoms. The summed E-state index contributed by atoms with van der Waals surface area (Å²) in [7, 11) is 0. The third-order valence-corrected chi connectivity index (χ3v) is 0. The minimum absolute atomic E-state index is 0. The summed E-state index contributed by atoms with van der Waals surface area (Å²) >= 11 is 0. The number of hydrogen-bond donors (Lipinski definition) is 0. The van der Waals surface area contributed by atoms with Gasteiger partial charge >= 0.3 is 51.4 Å². The maximum absolute atomic E-state index is 0. The fraction of sp³-hybridized carbons (Fsp3) is 0. The van der Waals surface area contributed by atoms with Crippen LogP contribution in [-0.2, 0) is 0 Å². The molecule has 0 aliphatic carbocycles. The molecular weight excluding hydrogens is 90.1 g/mol. The van der Waals surface area contributed by atoms with Gasteiger partial charge in [0, 0.05) is 0 Å². The van der Waals surface area contributed by atoms with Gasteiger partial charge in [0.1, 0.15) is 0 Å². The van der Waals surface area contributed by atoms with Gasteiger partial charge in [-0.15, -0.1) is 0 Å². The summed E-state index contributed by atoms with van der Waals surface area (Å²) in [5.74, 6) is 0. The molecule has 0 saturated heterocycles. The van der Waals surface area contributed by atoms with Gasteiger partial charge in [0.05, 0.1) is 0 Å². The first-order chi connectivity index (χ1) is 0. The van der Waals surface area contributed by atoms with Crippen molar-refractivity contribution in [3.8, 4) is 0 Å². The molecule has 0 aromatic rings. The van der Waals surface area contributed by atoms with Gasteiger partial charge in [-0.1, -0.05) is 0 Å². The van der Waals surface area contributed by atoms with E-state index in [4.69, 9.17) is 0 Å². The molecule has 4 heavy (non-hydrogen) atoms. The van der Waals surface area contributed by atoms with Gasteiger partial charge in [-0.2, -0.15) is 0 Å². The molecule has 0 aliphatic rings. The van der Waals surface area contributed by atoms with Gasteiger partial charge in [-0.25, -0.2) is 0 Å². The van der Waals surface area contributed by atoms with Crippen LogP contribution in [0.1, 0.15) is 0 Å². The quantitative estimate of drug-likeness (QED) is 0.309. The Morgan fingerprint density at radius 3 is 0.750 bits per heavy atom. The van der Waals surface area contributed by atoms with Crippen molar-refractivity contribution in [3.63, 3.8) is 0 Å². The molecule has 0 aliphatic heterocycles. The third-order valence-electron chi connectivity index (χ3n) is 0. The van der Waals surface area contributed by atoms with Crippen LogP contribution in [0.25, 0.3) is 0 Å². The van der Waals surface area contributed by atoms with Gasteiger partial charge in [-0.05, 0) is 0 Å². The van der Waals surface area contributed by atoms with Crippen molar-refractivity contribution in [2.75, 3.05) is 0 Å². The van der Waals surface area contributed by atoms with Crippen molar-refractivity contribution in [1.29, 1.82) is 0 Å². The molecule has 0 saturated carbocycles. The molecule has 0 unspecified atom stereocenters. The van der Waals surface area contributed by atoms with Crippen LogP contribution in [0, 0.1) is 0 Å². The zero-order chi connectivity index (χ0) is 0. The first kappa shape index (κ1) is 50.0. The van der Waals surface area contributed by atoms with Crippen LogP contribution in [0.15, 0.2) is 0 Å². The molecule has 0 heterocycles. The van der Waals surface area contributed by atoms with E-state index in [1.54, 1.807) is 0 Å². The summed E-state index contributed by atoms with van der Waals surface area (Å²) in [4.78, 5) is 0. The molecule has 2 nitrogen and oxygen atoms in total. The second kappa shape index (κ2) is 24.7. The van der Waals surface area contributed by atoms with Crippen LogP contribution >= 0.6 is 0 Å². The van der Waals surface area contributed by atoms with Crippen LogP contribution in [0.2, 0.25) is 0 Å². The van der Waals surface area contributed by atoms with E-state index in [9.17, 15) is 0 Å². The topological polar surface area (TPSA) is 63.0 Å². The summed E-state index contributed by atoms with van der Waals surface area (Å²) < 4.78 is 0. The molecule has 0 fully saturated rings. The molecule has 4 N–H and O–H groups in total. The Morgan fingerprint density at radius 1 is 0.750 bits per heavy atom. The third kappa shape index (κ3) is 9.76. The predicted octanol–water partition coefficient (Wildman–Crippen LogP) is -2.15. The normalized spacial score (nSPS) is 0. The monoisotopic (exact) mass is 96.0 g/mol.